The molecule has 0 unspecified atom stereocenters. The first kappa shape index (κ1) is 17.0. The maximum absolute atomic E-state index is 11.9. The number of rotatable bonds is 5. The zero-order valence-corrected chi connectivity index (χ0v) is 14.3. The molecule has 0 atom stereocenters. The number of benzene rings is 2. The summed E-state index contributed by atoms with van der Waals surface area (Å²) in [4.78, 5) is 23.2. The van der Waals surface area contributed by atoms with Crippen molar-refractivity contribution in [2.24, 2.45) is 0 Å². The molecule has 0 aliphatic rings. The SMILES string of the molecule is COC(=O)c1ccc(NC(=O)COc2ccc(C)cc2Br)cc1. The van der Waals surface area contributed by atoms with E-state index >= 15 is 0 Å². The summed E-state index contributed by atoms with van der Waals surface area (Å²) in [6.45, 7) is 1.86. The highest BCUT2D eigenvalue weighted by atomic mass is 79.9. The van der Waals surface area contributed by atoms with E-state index in [4.69, 9.17) is 4.74 Å². The zero-order chi connectivity index (χ0) is 16.8. The first-order valence-electron chi connectivity index (χ1n) is 6.87. The molecule has 0 aromatic heterocycles. The van der Waals surface area contributed by atoms with Crippen LogP contribution in [0.1, 0.15) is 15.9 Å². The van der Waals surface area contributed by atoms with Gasteiger partial charge in [-0.3, -0.25) is 4.79 Å². The van der Waals surface area contributed by atoms with Crippen LogP contribution in [-0.4, -0.2) is 25.6 Å². The predicted molar refractivity (Wildman–Crippen MR) is 90.8 cm³/mol. The van der Waals surface area contributed by atoms with E-state index in [1.165, 1.54) is 7.11 Å². The van der Waals surface area contributed by atoms with Crippen molar-refractivity contribution in [2.75, 3.05) is 19.0 Å². The molecule has 0 aliphatic heterocycles. The molecule has 1 amide bonds. The van der Waals surface area contributed by atoms with Crippen molar-refractivity contribution in [1.29, 1.82) is 0 Å². The van der Waals surface area contributed by atoms with Gasteiger partial charge in [0, 0.05) is 5.69 Å². The van der Waals surface area contributed by atoms with Gasteiger partial charge in [-0.1, -0.05) is 6.07 Å². The van der Waals surface area contributed by atoms with Crippen LogP contribution in [0.3, 0.4) is 0 Å². The lowest BCUT2D eigenvalue weighted by atomic mass is 10.2. The summed E-state index contributed by atoms with van der Waals surface area (Å²) in [5.41, 5.74) is 2.10. The molecular weight excluding hydrogens is 362 g/mol. The van der Waals surface area contributed by atoms with Crippen molar-refractivity contribution in [2.45, 2.75) is 6.92 Å². The maximum Gasteiger partial charge on any atom is 0.337 e. The first-order chi connectivity index (χ1) is 11.0. The Kier molecular flexibility index (Phi) is 5.76. The fourth-order valence-electron chi connectivity index (χ4n) is 1.87. The predicted octanol–water partition coefficient (Wildman–Crippen LogP) is 3.56. The molecular formula is C17H16BrNO4. The molecule has 0 spiro atoms. The average Bonchev–Trinajstić information content (AvgIpc) is 2.54. The number of ether oxygens (including phenoxy) is 2. The van der Waals surface area contributed by atoms with Gasteiger partial charge in [-0.2, -0.15) is 0 Å². The lowest BCUT2D eigenvalue weighted by molar-refractivity contribution is -0.118. The molecule has 2 aromatic carbocycles. The molecule has 0 bridgehead atoms. The number of amides is 1. The minimum Gasteiger partial charge on any atom is -0.483 e. The Labute approximate surface area is 142 Å². The van der Waals surface area contributed by atoms with Gasteiger partial charge in [0.25, 0.3) is 5.91 Å². The number of carbonyl (C=O) groups is 2. The molecule has 6 heteroatoms. The van der Waals surface area contributed by atoms with Crippen LogP contribution in [-0.2, 0) is 9.53 Å². The highest BCUT2D eigenvalue weighted by molar-refractivity contribution is 9.10. The largest absolute Gasteiger partial charge is 0.483 e. The summed E-state index contributed by atoms with van der Waals surface area (Å²) in [5, 5.41) is 2.70. The minimum atomic E-state index is -0.421. The Hall–Kier alpha value is -2.34. The van der Waals surface area contributed by atoms with Gasteiger partial charge in [-0.15, -0.1) is 0 Å². The van der Waals surface area contributed by atoms with E-state index in [9.17, 15) is 9.59 Å². The lowest BCUT2D eigenvalue weighted by Gasteiger charge is -2.09. The van der Waals surface area contributed by atoms with Crippen LogP contribution in [0.5, 0.6) is 5.75 Å². The number of esters is 1. The smallest absolute Gasteiger partial charge is 0.337 e. The normalized spacial score (nSPS) is 10.0. The average molecular weight is 378 g/mol. The second-order valence-electron chi connectivity index (χ2n) is 4.84. The van der Waals surface area contributed by atoms with E-state index in [0.29, 0.717) is 17.0 Å². The molecule has 2 aromatic rings. The van der Waals surface area contributed by atoms with E-state index < -0.39 is 5.97 Å². The van der Waals surface area contributed by atoms with Crippen molar-refractivity contribution in [3.05, 3.63) is 58.1 Å². The number of aryl methyl sites for hydroxylation is 1. The number of methoxy groups -OCH3 is 1. The zero-order valence-electron chi connectivity index (χ0n) is 12.8. The molecule has 120 valence electrons. The van der Waals surface area contributed by atoms with Crippen molar-refractivity contribution in [3.63, 3.8) is 0 Å². The monoisotopic (exact) mass is 377 g/mol. The number of carbonyl (C=O) groups excluding carboxylic acids is 2. The van der Waals surface area contributed by atoms with Crippen molar-refractivity contribution in [3.8, 4) is 5.75 Å². The van der Waals surface area contributed by atoms with Gasteiger partial charge in [-0.05, 0) is 64.8 Å². The molecule has 2 rings (SSSR count). The van der Waals surface area contributed by atoms with Crippen molar-refractivity contribution in [1.82, 2.24) is 0 Å². The molecule has 5 nitrogen and oxygen atoms in total. The summed E-state index contributed by atoms with van der Waals surface area (Å²) in [7, 11) is 1.32. The highest BCUT2D eigenvalue weighted by Crippen LogP contribution is 2.25. The Morgan fingerprint density at radius 3 is 2.43 bits per heavy atom. The molecule has 0 saturated heterocycles. The van der Waals surface area contributed by atoms with Crippen LogP contribution >= 0.6 is 15.9 Å². The Morgan fingerprint density at radius 1 is 1.13 bits per heavy atom. The van der Waals surface area contributed by atoms with Crippen LogP contribution < -0.4 is 10.1 Å². The molecule has 0 radical (unpaired) electrons. The van der Waals surface area contributed by atoms with Gasteiger partial charge in [-0.25, -0.2) is 4.79 Å². The van der Waals surface area contributed by atoms with Gasteiger partial charge in [0.1, 0.15) is 5.75 Å². The molecule has 0 heterocycles. The quantitative estimate of drug-likeness (QED) is 0.809. The first-order valence-corrected chi connectivity index (χ1v) is 7.66. The number of anilines is 1. The van der Waals surface area contributed by atoms with E-state index in [1.54, 1.807) is 30.3 Å². The Bertz CT molecular complexity index is 713. The summed E-state index contributed by atoms with van der Waals surface area (Å²) in [6.07, 6.45) is 0. The summed E-state index contributed by atoms with van der Waals surface area (Å²) >= 11 is 3.39. The maximum atomic E-state index is 11.9. The highest BCUT2D eigenvalue weighted by Gasteiger charge is 2.08. The van der Waals surface area contributed by atoms with Gasteiger partial charge in [0.2, 0.25) is 0 Å². The fourth-order valence-corrected chi connectivity index (χ4v) is 2.48. The molecule has 0 fully saturated rings. The lowest BCUT2D eigenvalue weighted by Crippen LogP contribution is -2.20. The van der Waals surface area contributed by atoms with Gasteiger partial charge in [0.15, 0.2) is 6.61 Å². The molecule has 23 heavy (non-hydrogen) atoms. The van der Waals surface area contributed by atoms with Gasteiger partial charge < -0.3 is 14.8 Å². The van der Waals surface area contributed by atoms with Crippen LogP contribution in [0, 0.1) is 6.92 Å². The Morgan fingerprint density at radius 2 is 1.83 bits per heavy atom. The number of hydrogen-bond acceptors (Lipinski definition) is 4. The van der Waals surface area contributed by atoms with Crippen LogP contribution in [0.2, 0.25) is 0 Å². The van der Waals surface area contributed by atoms with Gasteiger partial charge in [0.05, 0.1) is 17.1 Å². The molecule has 0 aliphatic carbocycles. The summed E-state index contributed by atoms with van der Waals surface area (Å²) < 4.78 is 10.9. The molecule has 1 N–H and O–H groups in total. The minimum absolute atomic E-state index is 0.111. The van der Waals surface area contributed by atoms with E-state index in [2.05, 4.69) is 26.0 Å². The third kappa shape index (κ3) is 4.82. The number of hydrogen-bond donors (Lipinski definition) is 1. The van der Waals surface area contributed by atoms with Gasteiger partial charge >= 0.3 is 5.97 Å². The third-order valence-corrected chi connectivity index (χ3v) is 3.66. The van der Waals surface area contributed by atoms with Crippen LogP contribution in [0.4, 0.5) is 5.69 Å². The number of nitrogens with one attached hydrogen (secondary N) is 1. The fraction of sp³-hybridized carbons (Fsp3) is 0.176. The Balaban J connectivity index is 1.90. The van der Waals surface area contributed by atoms with E-state index in [1.807, 2.05) is 19.1 Å². The summed E-state index contributed by atoms with van der Waals surface area (Å²) in [5.74, 6) is -0.106. The van der Waals surface area contributed by atoms with Crippen molar-refractivity contribution >= 4 is 33.5 Å². The topological polar surface area (TPSA) is 64.6 Å². The van der Waals surface area contributed by atoms with Crippen molar-refractivity contribution < 1.29 is 19.1 Å². The standard InChI is InChI=1S/C17H16BrNO4/c1-11-3-8-15(14(18)9-11)23-10-16(20)19-13-6-4-12(5-7-13)17(21)22-2/h3-9H,10H2,1-2H3,(H,19,20). The van der Waals surface area contributed by atoms with Crippen LogP contribution in [0.25, 0.3) is 0 Å². The second-order valence-corrected chi connectivity index (χ2v) is 5.69. The number of halogens is 1. The third-order valence-electron chi connectivity index (χ3n) is 3.04. The van der Waals surface area contributed by atoms with Crippen LogP contribution in [0.15, 0.2) is 46.9 Å². The second kappa shape index (κ2) is 7.78. The summed E-state index contributed by atoms with van der Waals surface area (Å²) in [6, 6.07) is 12.1. The molecule has 0 saturated carbocycles. The van der Waals surface area contributed by atoms with E-state index in [0.717, 1.165) is 10.0 Å². The van der Waals surface area contributed by atoms with E-state index in [-0.39, 0.29) is 12.5 Å².